The van der Waals surface area contributed by atoms with Gasteiger partial charge in [-0.15, -0.1) is 0 Å². The Morgan fingerprint density at radius 1 is 0.250 bits per heavy atom. The van der Waals surface area contributed by atoms with E-state index in [1.54, 1.807) is 0 Å². The van der Waals surface area contributed by atoms with Crippen LogP contribution in [0.15, 0.2) is 203 Å². The van der Waals surface area contributed by atoms with Crippen LogP contribution in [-0.4, -0.2) is 0 Å². The Morgan fingerprint density at radius 2 is 0.714 bits per heavy atom. The van der Waals surface area contributed by atoms with Crippen molar-refractivity contribution in [3.63, 3.8) is 0 Å². The summed E-state index contributed by atoms with van der Waals surface area (Å²) in [6, 6.07) is 69.8. The lowest BCUT2D eigenvalue weighted by atomic mass is 9.84. The van der Waals surface area contributed by atoms with Crippen molar-refractivity contribution in [1.82, 2.24) is 0 Å². The zero-order valence-electron chi connectivity index (χ0n) is 30.3. The Balaban J connectivity index is 1.05. The second kappa shape index (κ2) is 12.0. The maximum atomic E-state index is 6.56. The molecule has 0 unspecified atom stereocenters. The lowest BCUT2D eigenvalue weighted by Gasteiger charge is -2.18. The molecular weight excluding hydrogens is 681 g/mol. The Labute approximate surface area is 322 Å². The van der Waals surface area contributed by atoms with Crippen LogP contribution in [0.1, 0.15) is 0 Å². The van der Waals surface area contributed by atoms with E-state index >= 15 is 0 Å². The molecule has 0 spiro atoms. The highest BCUT2D eigenvalue weighted by atomic mass is 16.3. The molecule has 12 rings (SSSR count). The second-order valence-corrected chi connectivity index (χ2v) is 14.7. The number of rotatable bonds is 4. The largest absolute Gasteiger partial charge is 0.456 e. The zero-order chi connectivity index (χ0) is 36.7. The first kappa shape index (κ1) is 31.0. The molecule has 56 heavy (non-hydrogen) atoms. The predicted molar refractivity (Wildman–Crippen MR) is 235 cm³/mol. The third-order valence-corrected chi connectivity index (χ3v) is 11.7. The van der Waals surface area contributed by atoms with Gasteiger partial charge >= 0.3 is 0 Å². The van der Waals surface area contributed by atoms with Gasteiger partial charge in [-0.3, -0.25) is 0 Å². The van der Waals surface area contributed by atoms with Crippen LogP contribution in [0, 0.1) is 0 Å². The molecule has 0 saturated carbocycles. The zero-order valence-corrected chi connectivity index (χ0v) is 30.3. The Morgan fingerprint density at radius 3 is 1.41 bits per heavy atom. The highest BCUT2D eigenvalue weighted by molar-refractivity contribution is 6.26. The van der Waals surface area contributed by atoms with Crippen LogP contribution in [0.2, 0.25) is 0 Å². The topological polar surface area (TPSA) is 26.3 Å². The van der Waals surface area contributed by atoms with Gasteiger partial charge in [-0.1, -0.05) is 164 Å². The van der Waals surface area contributed by atoms with Crippen molar-refractivity contribution in [3.05, 3.63) is 194 Å². The van der Waals surface area contributed by atoms with Gasteiger partial charge in [-0.25, -0.2) is 0 Å². The molecule has 0 aliphatic heterocycles. The SMILES string of the molecule is c1ccc(-c2cccc3oc4ccccc4c23)c(-c2ccc(-c3c4ccccc4c(-c4cccc5oc6cc7ccccc7cc6c45)c4ccccc34)cc2)c1. The molecule has 0 saturated heterocycles. The Hall–Kier alpha value is -7.42. The Kier molecular flexibility index (Phi) is 6.66. The second-order valence-electron chi connectivity index (χ2n) is 14.7. The number of hydrogen-bond donors (Lipinski definition) is 0. The van der Waals surface area contributed by atoms with Crippen molar-refractivity contribution in [1.29, 1.82) is 0 Å². The van der Waals surface area contributed by atoms with E-state index in [2.05, 4.69) is 182 Å². The maximum Gasteiger partial charge on any atom is 0.136 e. The summed E-state index contributed by atoms with van der Waals surface area (Å²) in [7, 11) is 0. The van der Waals surface area contributed by atoms with Crippen LogP contribution < -0.4 is 0 Å². The standard InChI is InChI=1S/C54H32O2/c1-2-14-36-32-50-46(31-35(36)13-1)54-45(23-12-26-49(54)56-50)52-42-19-7-5-17-40(42)51(41-18-6-8-20-43(41)52)34-29-27-33(28-30-34)37-15-3-4-16-38(37)39-22-11-25-48-53(39)44-21-9-10-24-47(44)55-48/h1-32H. The van der Waals surface area contributed by atoms with Crippen molar-refractivity contribution in [2.75, 3.05) is 0 Å². The summed E-state index contributed by atoms with van der Waals surface area (Å²) in [4.78, 5) is 0. The fraction of sp³-hybridized carbons (Fsp3) is 0. The molecule has 0 aliphatic carbocycles. The normalized spacial score (nSPS) is 11.9. The average molecular weight is 713 g/mol. The molecule has 10 aromatic carbocycles. The van der Waals surface area contributed by atoms with Gasteiger partial charge in [0.05, 0.1) is 0 Å². The van der Waals surface area contributed by atoms with E-state index in [9.17, 15) is 0 Å². The summed E-state index contributed by atoms with van der Waals surface area (Å²) >= 11 is 0. The summed E-state index contributed by atoms with van der Waals surface area (Å²) in [6.45, 7) is 0. The minimum atomic E-state index is 0.901. The summed E-state index contributed by atoms with van der Waals surface area (Å²) < 4.78 is 12.8. The van der Waals surface area contributed by atoms with E-state index in [1.165, 1.54) is 76.8 Å². The van der Waals surface area contributed by atoms with Crippen LogP contribution >= 0.6 is 0 Å². The van der Waals surface area contributed by atoms with Crippen molar-refractivity contribution < 1.29 is 8.83 Å². The van der Waals surface area contributed by atoms with Crippen molar-refractivity contribution in [3.8, 4) is 44.5 Å². The van der Waals surface area contributed by atoms with Gasteiger partial charge in [0.1, 0.15) is 22.3 Å². The molecule has 2 heterocycles. The average Bonchev–Trinajstić information content (AvgIpc) is 3.83. The molecular formula is C54H32O2. The molecule has 2 heteroatoms. The van der Waals surface area contributed by atoms with Crippen molar-refractivity contribution >= 4 is 76.2 Å². The summed E-state index contributed by atoms with van der Waals surface area (Å²) in [5.41, 5.74) is 13.2. The minimum absolute atomic E-state index is 0.901. The molecule has 260 valence electrons. The van der Waals surface area contributed by atoms with E-state index in [4.69, 9.17) is 8.83 Å². The van der Waals surface area contributed by atoms with Crippen LogP contribution in [-0.2, 0) is 0 Å². The molecule has 0 aliphatic rings. The highest BCUT2D eigenvalue weighted by Gasteiger charge is 2.21. The summed E-state index contributed by atoms with van der Waals surface area (Å²) in [5.74, 6) is 0. The smallest absolute Gasteiger partial charge is 0.136 e. The lowest BCUT2D eigenvalue weighted by molar-refractivity contribution is 0.669. The van der Waals surface area contributed by atoms with E-state index < -0.39 is 0 Å². The van der Waals surface area contributed by atoms with E-state index in [0.29, 0.717) is 0 Å². The molecule has 0 atom stereocenters. The number of benzene rings is 10. The number of hydrogen-bond acceptors (Lipinski definition) is 2. The van der Waals surface area contributed by atoms with Gasteiger partial charge in [-0.05, 0) is 107 Å². The fourth-order valence-electron chi connectivity index (χ4n) is 9.23. The number of furan rings is 2. The van der Waals surface area contributed by atoms with Gasteiger partial charge in [0.25, 0.3) is 0 Å². The quantitative estimate of drug-likeness (QED) is 0.170. The maximum absolute atomic E-state index is 6.56. The molecule has 2 nitrogen and oxygen atoms in total. The lowest BCUT2D eigenvalue weighted by Crippen LogP contribution is -1.91. The predicted octanol–water partition coefficient (Wildman–Crippen LogP) is 15.6. The molecule has 0 bridgehead atoms. The van der Waals surface area contributed by atoms with Crippen LogP contribution in [0.25, 0.3) is 121 Å². The van der Waals surface area contributed by atoms with E-state index in [1.807, 2.05) is 12.1 Å². The highest BCUT2D eigenvalue weighted by Crippen LogP contribution is 2.48. The number of fused-ring (bicyclic) bond motifs is 9. The van der Waals surface area contributed by atoms with Gasteiger partial charge in [0, 0.05) is 21.5 Å². The van der Waals surface area contributed by atoms with Crippen LogP contribution in [0.4, 0.5) is 0 Å². The molecule has 0 radical (unpaired) electrons. The summed E-state index contributed by atoms with van der Waals surface area (Å²) in [6.07, 6.45) is 0. The third-order valence-electron chi connectivity index (χ3n) is 11.7. The monoisotopic (exact) mass is 712 g/mol. The summed E-state index contributed by atoms with van der Waals surface area (Å²) in [5, 5.41) is 11.9. The van der Waals surface area contributed by atoms with E-state index in [0.717, 1.165) is 43.9 Å². The van der Waals surface area contributed by atoms with Gasteiger partial charge in [0.2, 0.25) is 0 Å². The number of para-hydroxylation sites is 1. The fourth-order valence-corrected chi connectivity index (χ4v) is 9.23. The molecule has 2 aromatic heterocycles. The first-order chi connectivity index (χ1) is 27.8. The van der Waals surface area contributed by atoms with Gasteiger partial charge in [0.15, 0.2) is 0 Å². The Bertz CT molecular complexity index is 3470. The molecule has 12 aromatic rings. The van der Waals surface area contributed by atoms with Crippen molar-refractivity contribution in [2.24, 2.45) is 0 Å². The van der Waals surface area contributed by atoms with Crippen LogP contribution in [0.3, 0.4) is 0 Å². The molecule has 0 fully saturated rings. The molecule has 0 N–H and O–H groups in total. The van der Waals surface area contributed by atoms with Crippen LogP contribution in [0.5, 0.6) is 0 Å². The van der Waals surface area contributed by atoms with Gasteiger partial charge < -0.3 is 8.83 Å². The molecule has 0 amide bonds. The van der Waals surface area contributed by atoms with E-state index in [-0.39, 0.29) is 0 Å². The van der Waals surface area contributed by atoms with Gasteiger partial charge in [-0.2, -0.15) is 0 Å². The first-order valence-electron chi connectivity index (χ1n) is 19.2. The third kappa shape index (κ3) is 4.57. The van der Waals surface area contributed by atoms with Crippen molar-refractivity contribution in [2.45, 2.75) is 0 Å². The minimum Gasteiger partial charge on any atom is -0.456 e. The first-order valence-corrected chi connectivity index (χ1v) is 19.2.